The lowest BCUT2D eigenvalue weighted by Crippen LogP contribution is -2.45. The Kier molecular flexibility index (Phi) is 6.50. The predicted molar refractivity (Wildman–Crippen MR) is 165 cm³/mol. The first-order valence-corrected chi connectivity index (χ1v) is 15.1. The van der Waals surface area contributed by atoms with E-state index in [0.29, 0.717) is 39.1 Å². The highest BCUT2D eigenvalue weighted by atomic mass is 79.9. The third kappa shape index (κ3) is 4.83. The minimum absolute atomic E-state index is 0.0164. The van der Waals surface area contributed by atoms with Crippen LogP contribution in [0.25, 0.3) is 32.8 Å². The Labute approximate surface area is 256 Å². The molecule has 7 rings (SSSR count). The molecule has 1 amide bonds. The summed E-state index contributed by atoms with van der Waals surface area (Å²) >= 11 is 3.48. The summed E-state index contributed by atoms with van der Waals surface area (Å²) in [5.41, 5.74) is 3.30. The molecule has 4 heterocycles. The maximum absolute atomic E-state index is 14.0. The quantitative estimate of drug-likeness (QED) is 0.171. The minimum Gasteiger partial charge on any atom is -0.327 e. The molecule has 0 unspecified atom stereocenters. The van der Waals surface area contributed by atoms with Gasteiger partial charge in [0.1, 0.15) is 22.7 Å². The summed E-state index contributed by atoms with van der Waals surface area (Å²) < 4.78 is 2.26. The van der Waals surface area contributed by atoms with E-state index in [2.05, 4.69) is 42.9 Å². The van der Waals surface area contributed by atoms with Crippen LogP contribution >= 0.6 is 15.9 Å². The third-order valence-electron chi connectivity index (χ3n) is 8.91. The molecule has 2 fully saturated rings. The average Bonchev–Trinajstić information content (AvgIpc) is 3.34. The van der Waals surface area contributed by atoms with E-state index in [0.717, 1.165) is 28.3 Å². The molecule has 10 heteroatoms. The second kappa shape index (κ2) is 10.2. The van der Waals surface area contributed by atoms with Crippen LogP contribution in [0.15, 0.2) is 65.5 Å². The summed E-state index contributed by atoms with van der Waals surface area (Å²) in [5, 5.41) is 7.18. The Morgan fingerprint density at radius 1 is 1.00 bits per heavy atom. The fourth-order valence-corrected chi connectivity index (χ4v) is 7.01. The number of pyridine rings is 1. The van der Waals surface area contributed by atoms with Gasteiger partial charge in [0, 0.05) is 41.7 Å². The summed E-state index contributed by atoms with van der Waals surface area (Å²) in [6.45, 7) is 5.38. The van der Waals surface area contributed by atoms with Crippen molar-refractivity contribution in [2.45, 2.75) is 58.7 Å². The Morgan fingerprint density at radius 3 is 2.53 bits per heavy atom. The lowest BCUT2D eigenvalue weighted by atomic mass is 9.96. The van der Waals surface area contributed by atoms with Crippen molar-refractivity contribution < 1.29 is 14.4 Å². The summed E-state index contributed by atoms with van der Waals surface area (Å²) in [6.07, 6.45) is 5.14. The SMILES string of the molecule is CC(=O)c1nn(CC(=O)N2[C@H](C(=O)Cc3nc(Br)cc4ccccc34)C[C@@]3(C)C[C@@H]23)c2ccc(-c3cnc(C)nc3)cc12. The molecule has 2 aliphatic rings. The fourth-order valence-electron chi connectivity index (χ4n) is 6.55. The highest BCUT2D eigenvalue weighted by Gasteiger charge is 2.64. The molecular formula is C33H29BrN6O3. The number of carbonyl (C=O) groups is 3. The zero-order valence-corrected chi connectivity index (χ0v) is 25.6. The van der Waals surface area contributed by atoms with Crippen LogP contribution in [0.1, 0.15) is 48.7 Å². The third-order valence-corrected chi connectivity index (χ3v) is 9.31. The number of hydrogen-bond acceptors (Lipinski definition) is 7. The molecule has 1 saturated heterocycles. The molecule has 2 aromatic carbocycles. The van der Waals surface area contributed by atoms with Crippen LogP contribution in [0, 0.1) is 12.3 Å². The van der Waals surface area contributed by atoms with Gasteiger partial charge < -0.3 is 4.90 Å². The summed E-state index contributed by atoms with van der Waals surface area (Å²) in [5.74, 6) is 0.294. The zero-order valence-electron chi connectivity index (χ0n) is 24.0. The average molecular weight is 638 g/mol. The molecule has 1 aliphatic carbocycles. The van der Waals surface area contributed by atoms with Gasteiger partial charge in [-0.25, -0.2) is 15.0 Å². The van der Waals surface area contributed by atoms with Crippen molar-refractivity contribution >= 4 is 55.1 Å². The topological polar surface area (TPSA) is 111 Å². The molecule has 0 radical (unpaired) electrons. The number of aryl methyl sites for hydroxylation is 1. The van der Waals surface area contributed by atoms with E-state index in [1.807, 2.05) is 55.5 Å². The highest BCUT2D eigenvalue weighted by molar-refractivity contribution is 9.10. The van der Waals surface area contributed by atoms with Crippen LogP contribution in [-0.4, -0.2) is 59.2 Å². The molecule has 1 aliphatic heterocycles. The molecule has 5 aromatic rings. The molecule has 0 bridgehead atoms. The number of rotatable bonds is 7. The number of likely N-dealkylation sites (tertiary alicyclic amines) is 1. The van der Waals surface area contributed by atoms with Gasteiger partial charge in [-0.3, -0.25) is 19.1 Å². The molecule has 1 saturated carbocycles. The van der Waals surface area contributed by atoms with Crippen LogP contribution in [0.5, 0.6) is 0 Å². The van der Waals surface area contributed by atoms with Crippen molar-refractivity contribution in [1.29, 1.82) is 0 Å². The van der Waals surface area contributed by atoms with Crippen LogP contribution in [0.2, 0.25) is 0 Å². The van der Waals surface area contributed by atoms with Crippen LogP contribution in [0.4, 0.5) is 0 Å². The molecule has 0 spiro atoms. The number of hydrogen-bond donors (Lipinski definition) is 0. The molecule has 216 valence electrons. The first-order valence-electron chi connectivity index (χ1n) is 14.3. The van der Waals surface area contributed by atoms with E-state index < -0.39 is 6.04 Å². The van der Waals surface area contributed by atoms with Gasteiger partial charge in [0.15, 0.2) is 11.6 Å². The summed E-state index contributed by atoms with van der Waals surface area (Å²) in [4.78, 5) is 55.3. The number of halogens is 1. The minimum atomic E-state index is -0.530. The van der Waals surface area contributed by atoms with E-state index in [1.54, 1.807) is 22.0 Å². The van der Waals surface area contributed by atoms with Crippen molar-refractivity contribution in [2.24, 2.45) is 5.41 Å². The van der Waals surface area contributed by atoms with E-state index >= 15 is 0 Å². The number of fused-ring (bicyclic) bond motifs is 3. The second-order valence-corrected chi connectivity index (χ2v) is 12.8. The zero-order chi connectivity index (χ0) is 30.0. The van der Waals surface area contributed by atoms with Gasteiger partial charge in [0.2, 0.25) is 5.91 Å². The van der Waals surface area contributed by atoms with Gasteiger partial charge >= 0.3 is 0 Å². The smallest absolute Gasteiger partial charge is 0.245 e. The lowest BCUT2D eigenvalue weighted by Gasteiger charge is -2.27. The van der Waals surface area contributed by atoms with Gasteiger partial charge in [-0.05, 0) is 70.3 Å². The standard InChI is InChI=1S/C33H29BrN6O3/c1-18(41)32-24-10-20(22-15-35-19(2)36-16-22)8-9-26(24)39(38-32)17-31(43)40-27(13-33(3)14-29(33)40)28(42)12-25-23-7-5-4-6-21(23)11-30(34)37-25/h4-11,15-16,27,29H,12-14,17H2,1-3H3/t27-,29+,33-/m0/s1. The number of benzene rings is 2. The second-order valence-electron chi connectivity index (χ2n) is 12.0. The Morgan fingerprint density at radius 2 is 1.77 bits per heavy atom. The monoisotopic (exact) mass is 636 g/mol. The normalized spacial score (nSPS) is 20.9. The molecular weight excluding hydrogens is 608 g/mol. The number of Topliss-reactive ketones (excluding diaryl/α,β-unsaturated/α-hetero) is 2. The first-order chi connectivity index (χ1) is 20.6. The number of aromatic nitrogens is 5. The number of nitrogens with zero attached hydrogens (tertiary/aromatic N) is 6. The number of amides is 1. The van der Waals surface area contributed by atoms with Crippen molar-refractivity contribution in [3.8, 4) is 11.1 Å². The van der Waals surface area contributed by atoms with Crippen molar-refractivity contribution in [2.75, 3.05) is 0 Å². The summed E-state index contributed by atoms with van der Waals surface area (Å²) in [7, 11) is 0. The maximum Gasteiger partial charge on any atom is 0.245 e. The van der Waals surface area contributed by atoms with Crippen molar-refractivity contribution in [3.05, 3.63) is 82.7 Å². The van der Waals surface area contributed by atoms with Crippen LogP contribution < -0.4 is 0 Å². The molecule has 3 aromatic heterocycles. The molecule has 3 atom stereocenters. The van der Waals surface area contributed by atoms with Crippen LogP contribution in [-0.2, 0) is 22.6 Å². The number of carbonyl (C=O) groups excluding carboxylic acids is 3. The predicted octanol–water partition coefficient (Wildman–Crippen LogP) is 5.51. The van der Waals surface area contributed by atoms with E-state index in [-0.39, 0.29) is 41.9 Å². The van der Waals surface area contributed by atoms with Crippen LogP contribution in [0.3, 0.4) is 0 Å². The van der Waals surface area contributed by atoms with Gasteiger partial charge in [-0.1, -0.05) is 37.3 Å². The lowest BCUT2D eigenvalue weighted by molar-refractivity contribution is -0.139. The highest BCUT2D eigenvalue weighted by Crippen LogP contribution is 2.59. The fraction of sp³-hybridized carbons (Fsp3) is 0.303. The van der Waals surface area contributed by atoms with E-state index in [1.165, 1.54) is 6.92 Å². The Balaban J connectivity index is 1.18. The number of piperidine rings is 1. The largest absolute Gasteiger partial charge is 0.327 e. The maximum atomic E-state index is 14.0. The van der Waals surface area contributed by atoms with Gasteiger partial charge in [0.05, 0.1) is 23.7 Å². The molecule has 43 heavy (non-hydrogen) atoms. The van der Waals surface area contributed by atoms with Gasteiger partial charge in [0.25, 0.3) is 0 Å². The van der Waals surface area contributed by atoms with E-state index in [9.17, 15) is 14.4 Å². The van der Waals surface area contributed by atoms with Gasteiger partial charge in [-0.2, -0.15) is 5.10 Å². The Hall–Kier alpha value is -4.31. The first kappa shape index (κ1) is 27.5. The van der Waals surface area contributed by atoms with Crippen molar-refractivity contribution in [3.63, 3.8) is 0 Å². The summed E-state index contributed by atoms with van der Waals surface area (Å²) in [6, 6.07) is 15.0. The number of ketones is 2. The Bertz CT molecular complexity index is 1970. The molecule has 9 nitrogen and oxygen atoms in total. The van der Waals surface area contributed by atoms with Gasteiger partial charge in [-0.15, -0.1) is 0 Å². The molecule has 0 N–H and O–H groups in total. The van der Waals surface area contributed by atoms with Crippen molar-refractivity contribution in [1.82, 2.24) is 29.6 Å². The van der Waals surface area contributed by atoms with E-state index in [4.69, 9.17) is 0 Å².